The first-order chi connectivity index (χ1) is 4.91. The summed E-state index contributed by atoms with van der Waals surface area (Å²) >= 11 is 0. The van der Waals surface area contributed by atoms with Gasteiger partial charge in [-0.05, 0) is 0 Å². The van der Waals surface area contributed by atoms with Gasteiger partial charge in [-0.2, -0.15) is 0 Å². The minimum Gasteiger partial charge on any atom is -0.357 e. The van der Waals surface area contributed by atoms with Gasteiger partial charge in [-0.3, -0.25) is 0 Å². The highest BCUT2D eigenvalue weighted by Gasteiger charge is 1.89. The fourth-order valence-electron chi connectivity index (χ4n) is 0.779. The fourth-order valence-corrected chi connectivity index (χ4v) is 0.779. The van der Waals surface area contributed by atoms with Gasteiger partial charge in [0.1, 0.15) is 6.29 Å². The maximum Gasteiger partial charge on any atom is 0.120 e. The second-order valence-electron chi connectivity index (χ2n) is 2.38. The molecule has 0 aromatic carbocycles. The zero-order chi connectivity index (χ0) is 7.66. The molecule has 0 aromatic rings. The van der Waals surface area contributed by atoms with Crippen molar-refractivity contribution < 1.29 is 15.8 Å². The van der Waals surface area contributed by atoms with E-state index in [0.717, 1.165) is 32.3 Å². The van der Waals surface area contributed by atoms with E-state index >= 15 is 0 Å². The fraction of sp³-hybridized carbons (Fsp3) is 0.857. The Morgan fingerprint density at radius 2 is 2.00 bits per heavy atom. The molecule has 0 unspecified atom stereocenters. The lowest BCUT2D eigenvalue weighted by molar-refractivity contribution is -0.657. The molecule has 0 rings (SSSR count). The molecule has 0 atom stereocenters. The summed E-state index contributed by atoms with van der Waals surface area (Å²) in [6.45, 7) is 3.26. The summed E-state index contributed by atoms with van der Waals surface area (Å²) < 4.78 is 0. The Balaban J connectivity index is 2.70. The van der Waals surface area contributed by atoms with Crippen molar-refractivity contribution in [2.75, 3.05) is 19.6 Å². The Hall–Kier alpha value is -0.410. The van der Waals surface area contributed by atoms with Crippen molar-refractivity contribution in [2.45, 2.75) is 19.3 Å². The Bertz CT molecular complexity index is 76.0. The molecule has 0 radical (unpaired) electrons. The maximum atomic E-state index is 9.87. The summed E-state index contributed by atoms with van der Waals surface area (Å²) in [6.07, 6.45) is 3.89. The van der Waals surface area contributed by atoms with E-state index in [1.807, 2.05) is 0 Å². The van der Waals surface area contributed by atoms with Crippen LogP contribution in [-0.4, -0.2) is 25.9 Å². The SMILES string of the molecule is [NH3+]CCC[NH2+]CCCC=O. The number of nitrogens with two attached hydrogens (primary N) is 1. The second-order valence-corrected chi connectivity index (χ2v) is 2.38. The largest absolute Gasteiger partial charge is 0.357 e. The molecule has 0 heterocycles. The molecule has 5 N–H and O–H groups in total. The lowest BCUT2D eigenvalue weighted by Gasteiger charge is -1.95. The van der Waals surface area contributed by atoms with Gasteiger partial charge in [0.25, 0.3) is 0 Å². The zero-order valence-corrected chi connectivity index (χ0v) is 6.51. The van der Waals surface area contributed by atoms with Gasteiger partial charge in [-0.1, -0.05) is 0 Å². The van der Waals surface area contributed by atoms with E-state index in [-0.39, 0.29) is 0 Å². The second kappa shape index (κ2) is 8.59. The van der Waals surface area contributed by atoms with Crippen LogP contribution in [0.3, 0.4) is 0 Å². The molecule has 60 valence electrons. The Morgan fingerprint density at radius 1 is 1.30 bits per heavy atom. The van der Waals surface area contributed by atoms with Crippen LogP contribution in [0.2, 0.25) is 0 Å². The third-order valence-corrected chi connectivity index (χ3v) is 1.39. The third kappa shape index (κ3) is 7.59. The number of unbranched alkanes of at least 4 members (excludes halogenated alkanes) is 1. The van der Waals surface area contributed by atoms with E-state index in [2.05, 4.69) is 11.1 Å². The van der Waals surface area contributed by atoms with Crippen molar-refractivity contribution in [1.82, 2.24) is 0 Å². The molecule has 0 amide bonds. The summed E-state index contributed by atoms with van der Waals surface area (Å²) in [4.78, 5) is 9.87. The van der Waals surface area contributed by atoms with Crippen molar-refractivity contribution in [3.8, 4) is 0 Å². The molecule has 10 heavy (non-hydrogen) atoms. The Morgan fingerprint density at radius 3 is 2.60 bits per heavy atom. The van der Waals surface area contributed by atoms with Crippen LogP contribution in [0.15, 0.2) is 0 Å². The van der Waals surface area contributed by atoms with Crippen LogP contribution in [-0.2, 0) is 4.79 Å². The summed E-state index contributed by atoms with van der Waals surface area (Å²) in [6, 6.07) is 0. The molecular formula is C7H18N2O+2. The molecule has 0 saturated carbocycles. The van der Waals surface area contributed by atoms with Crippen molar-refractivity contribution >= 4 is 6.29 Å². The number of rotatable bonds is 7. The molecule has 0 aromatic heterocycles. The quantitative estimate of drug-likeness (QED) is 0.322. The molecule has 3 nitrogen and oxygen atoms in total. The Kier molecular flexibility index (Phi) is 8.24. The molecule has 0 fully saturated rings. The van der Waals surface area contributed by atoms with Gasteiger partial charge in [0, 0.05) is 19.3 Å². The Labute approximate surface area is 62.0 Å². The minimum atomic E-state index is 0.709. The van der Waals surface area contributed by atoms with Crippen LogP contribution >= 0.6 is 0 Å². The van der Waals surface area contributed by atoms with Gasteiger partial charge in [-0.15, -0.1) is 0 Å². The molecular weight excluding hydrogens is 128 g/mol. The van der Waals surface area contributed by atoms with E-state index in [4.69, 9.17) is 0 Å². The predicted molar refractivity (Wildman–Crippen MR) is 39.3 cm³/mol. The van der Waals surface area contributed by atoms with E-state index in [9.17, 15) is 4.79 Å². The lowest BCUT2D eigenvalue weighted by Crippen LogP contribution is -2.84. The molecule has 0 spiro atoms. The summed E-state index contributed by atoms with van der Waals surface area (Å²) in [7, 11) is 0. The smallest absolute Gasteiger partial charge is 0.120 e. The molecule has 0 aliphatic rings. The van der Waals surface area contributed by atoms with E-state index < -0.39 is 0 Å². The van der Waals surface area contributed by atoms with E-state index in [0.29, 0.717) is 6.42 Å². The maximum absolute atomic E-state index is 9.87. The number of carbonyl (C=O) groups is 1. The number of aldehydes is 1. The van der Waals surface area contributed by atoms with Crippen LogP contribution in [0.4, 0.5) is 0 Å². The highest BCUT2D eigenvalue weighted by atomic mass is 16.1. The first-order valence-corrected chi connectivity index (χ1v) is 3.96. The third-order valence-electron chi connectivity index (χ3n) is 1.39. The van der Waals surface area contributed by atoms with Gasteiger partial charge in [0.2, 0.25) is 0 Å². The number of quaternary nitrogens is 2. The number of hydrogen-bond donors (Lipinski definition) is 2. The molecule has 0 bridgehead atoms. The highest BCUT2D eigenvalue weighted by Crippen LogP contribution is 1.75. The molecule has 0 aliphatic carbocycles. The molecule has 0 aliphatic heterocycles. The van der Waals surface area contributed by atoms with Crippen molar-refractivity contribution in [3.05, 3.63) is 0 Å². The van der Waals surface area contributed by atoms with Crippen molar-refractivity contribution in [3.63, 3.8) is 0 Å². The molecule has 3 heteroatoms. The average molecular weight is 146 g/mol. The van der Waals surface area contributed by atoms with Gasteiger partial charge in [0.15, 0.2) is 0 Å². The topological polar surface area (TPSA) is 61.3 Å². The van der Waals surface area contributed by atoms with Crippen LogP contribution in [0.5, 0.6) is 0 Å². The normalized spacial score (nSPS) is 9.70. The minimum absolute atomic E-state index is 0.709. The average Bonchev–Trinajstić information content (AvgIpc) is 1.97. The summed E-state index contributed by atoms with van der Waals surface area (Å²) in [5.41, 5.74) is 3.74. The number of carbonyl (C=O) groups excluding carboxylic acids is 1. The summed E-state index contributed by atoms with van der Waals surface area (Å²) in [5.74, 6) is 0. The van der Waals surface area contributed by atoms with E-state index in [1.54, 1.807) is 0 Å². The van der Waals surface area contributed by atoms with Crippen molar-refractivity contribution in [1.29, 1.82) is 0 Å². The van der Waals surface area contributed by atoms with Gasteiger partial charge < -0.3 is 15.8 Å². The van der Waals surface area contributed by atoms with Gasteiger partial charge in [-0.25, -0.2) is 0 Å². The van der Waals surface area contributed by atoms with Gasteiger partial charge in [0.05, 0.1) is 19.6 Å². The van der Waals surface area contributed by atoms with Crippen LogP contribution < -0.4 is 11.1 Å². The zero-order valence-electron chi connectivity index (χ0n) is 6.51. The monoisotopic (exact) mass is 146 g/mol. The van der Waals surface area contributed by atoms with Crippen molar-refractivity contribution in [2.24, 2.45) is 0 Å². The lowest BCUT2D eigenvalue weighted by atomic mass is 10.3. The molecule has 0 saturated heterocycles. The van der Waals surface area contributed by atoms with E-state index in [1.165, 1.54) is 6.42 Å². The first kappa shape index (κ1) is 9.59. The predicted octanol–water partition coefficient (Wildman–Crippen LogP) is -1.84. The van der Waals surface area contributed by atoms with Crippen LogP contribution in [0.1, 0.15) is 19.3 Å². The van der Waals surface area contributed by atoms with Crippen LogP contribution in [0, 0.1) is 0 Å². The van der Waals surface area contributed by atoms with Gasteiger partial charge >= 0.3 is 0 Å². The summed E-state index contributed by atoms with van der Waals surface area (Å²) in [5, 5.41) is 2.24. The number of hydrogen-bond acceptors (Lipinski definition) is 1. The van der Waals surface area contributed by atoms with Crippen LogP contribution in [0.25, 0.3) is 0 Å². The highest BCUT2D eigenvalue weighted by molar-refractivity contribution is 5.48. The first-order valence-electron chi connectivity index (χ1n) is 3.96. The standard InChI is InChI=1S/C7H16N2O/c8-4-3-6-9-5-1-2-7-10/h7,9H,1-6,8H2/p+2.